The Kier molecular flexibility index (Phi) is 2.68. The van der Waals surface area contributed by atoms with Crippen LogP contribution in [0.25, 0.3) is 0 Å². The quantitative estimate of drug-likeness (QED) is 0.571. The molecule has 0 radical (unpaired) electrons. The van der Waals surface area contributed by atoms with Crippen LogP contribution in [-0.2, 0) is 4.43 Å². The largest absolute Gasteiger partial charge is 0.418 e. The van der Waals surface area contributed by atoms with Gasteiger partial charge in [-0.05, 0) is 20.8 Å². The molecule has 0 aromatic rings. The fourth-order valence-corrected chi connectivity index (χ4v) is 2.16. The third-order valence-electron chi connectivity index (χ3n) is 1.54. The maximum atomic E-state index is 5.75. The summed E-state index contributed by atoms with van der Waals surface area (Å²) in [5.41, 5.74) is 0.686. The molecule has 2 heteroatoms. The van der Waals surface area contributed by atoms with Crippen LogP contribution in [0.4, 0.5) is 0 Å². The number of allylic oxidation sites excluding steroid dienone is 4. The Morgan fingerprint density at radius 3 is 2.18 bits per heavy atom. The molecule has 0 aromatic carbocycles. The first-order valence-electron chi connectivity index (χ1n) is 4.07. The fraction of sp³-hybridized carbons (Fsp3) is 0.556. The average Bonchev–Trinajstić information content (AvgIpc) is 2.32. The minimum atomic E-state index is -0.390. The molecule has 0 aromatic heterocycles. The monoisotopic (exact) mass is 168 g/mol. The predicted octanol–water partition coefficient (Wildman–Crippen LogP) is 1.80. The molecule has 1 nitrogen and oxygen atoms in total. The van der Waals surface area contributed by atoms with Crippen molar-refractivity contribution >= 4 is 9.76 Å². The Bertz CT molecular complexity index is 164. The lowest BCUT2D eigenvalue weighted by atomic mass is 10.2. The van der Waals surface area contributed by atoms with Crippen LogP contribution >= 0.6 is 0 Å². The zero-order valence-electron chi connectivity index (χ0n) is 7.50. The van der Waals surface area contributed by atoms with Gasteiger partial charge >= 0.3 is 0 Å². The lowest BCUT2D eigenvalue weighted by molar-refractivity contribution is 0.137. The van der Waals surface area contributed by atoms with Crippen molar-refractivity contribution in [3.05, 3.63) is 24.3 Å². The molecule has 0 amide bonds. The molecule has 0 spiro atoms. The van der Waals surface area contributed by atoms with Gasteiger partial charge in [-0.2, -0.15) is 0 Å². The van der Waals surface area contributed by atoms with E-state index in [1.54, 1.807) is 0 Å². The highest BCUT2D eigenvalue weighted by molar-refractivity contribution is 6.31. The predicted molar refractivity (Wildman–Crippen MR) is 51.4 cm³/mol. The van der Waals surface area contributed by atoms with Crippen molar-refractivity contribution in [1.29, 1.82) is 0 Å². The smallest absolute Gasteiger partial charge is 0.172 e. The SMILES string of the molecule is CC(C)(C)O[SiH2]C1C=CC=C1. The lowest BCUT2D eigenvalue weighted by Gasteiger charge is -2.21. The van der Waals surface area contributed by atoms with Crippen molar-refractivity contribution in [3.8, 4) is 0 Å². The topological polar surface area (TPSA) is 9.23 Å². The second-order valence-electron chi connectivity index (χ2n) is 3.86. The van der Waals surface area contributed by atoms with Crippen molar-refractivity contribution in [3.63, 3.8) is 0 Å². The van der Waals surface area contributed by atoms with Crippen LogP contribution in [-0.4, -0.2) is 15.4 Å². The molecule has 0 atom stereocenters. The normalized spacial score (nSPS) is 19.2. The molecule has 0 aliphatic heterocycles. The number of hydrogen-bond acceptors (Lipinski definition) is 1. The van der Waals surface area contributed by atoms with Crippen molar-refractivity contribution in [1.82, 2.24) is 0 Å². The van der Waals surface area contributed by atoms with Crippen molar-refractivity contribution in [2.45, 2.75) is 31.9 Å². The van der Waals surface area contributed by atoms with E-state index in [0.717, 1.165) is 0 Å². The first-order valence-corrected chi connectivity index (χ1v) is 5.46. The maximum Gasteiger partial charge on any atom is 0.172 e. The molecule has 1 rings (SSSR count). The van der Waals surface area contributed by atoms with E-state index in [1.165, 1.54) is 0 Å². The summed E-state index contributed by atoms with van der Waals surface area (Å²) in [6.45, 7) is 6.34. The van der Waals surface area contributed by atoms with Gasteiger partial charge in [0.05, 0.1) is 0 Å². The molecular weight excluding hydrogens is 152 g/mol. The highest BCUT2D eigenvalue weighted by Gasteiger charge is 2.13. The molecule has 0 unspecified atom stereocenters. The summed E-state index contributed by atoms with van der Waals surface area (Å²) in [5.74, 6) is 0. The maximum absolute atomic E-state index is 5.75. The summed E-state index contributed by atoms with van der Waals surface area (Å²) in [4.78, 5) is 0. The lowest BCUT2D eigenvalue weighted by Crippen LogP contribution is -2.23. The Balaban J connectivity index is 2.23. The van der Waals surface area contributed by atoms with E-state index in [4.69, 9.17) is 4.43 Å². The van der Waals surface area contributed by atoms with Crippen LogP contribution in [0.2, 0.25) is 5.54 Å². The average molecular weight is 168 g/mol. The molecule has 0 N–H and O–H groups in total. The van der Waals surface area contributed by atoms with Gasteiger partial charge in [0, 0.05) is 11.1 Å². The molecular formula is C9H16OSi. The van der Waals surface area contributed by atoms with Gasteiger partial charge < -0.3 is 4.43 Å². The Hall–Kier alpha value is -0.343. The summed E-state index contributed by atoms with van der Waals surface area (Å²) in [6.07, 6.45) is 8.64. The van der Waals surface area contributed by atoms with E-state index >= 15 is 0 Å². The molecule has 0 saturated heterocycles. The van der Waals surface area contributed by atoms with E-state index in [2.05, 4.69) is 45.1 Å². The van der Waals surface area contributed by atoms with E-state index in [-0.39, 0.29) is 5.60 Å². The van der Waals surface area contributed by atoms with Gasteiger partial charge in [-0.15, -0.1) is 0 Å². The van der Waals surface area contributed by atoms with Crippen LogP contribution < -0.4 is 0 Å². The Morgan fingerprint density at radius 2 is 1.73 bits per heavy atom. The highest BCUT2D eigenvalue weighted by Crippen LogP contribution is 2.17. The standard InChI is InChI=1S/C9H16OSi/c1-9(2,3)10-11-8-6-4-5-7-8/h4-8H,11H2,1-3H3. The van der Waals surface area contributed by atoms with Gasteiger partial charge in [-0.25, -0.2) is 0 Å². The van der Waals surface area contributed by atoms with Crippen molar-refractivity contribution in [2.75, 3.05) is 0 Å². The second-order valence-corrected chi connectivity index (χ2v) is 5.42. The van der Waals surface area contributed by atoms with Crippen LogP contribution in [0.15, 0.2) is 24.3 Å². The second kappa shape index (κ2) is 3.37. The van der Waals surface area contributed by atoms with Gasteiger partial charge in [0.15, 0.2) is 9.76 Å². The van der Waals surface area contributed by atoms with E-state index in [0.29, 0.717) is 5.54 Å². The van der Waals surface area contributed by atoms with Crippen LogP contribution in [0.1, 0.15) is 20.8 Å². The first kappa shape index (κ1) is 8.75. The summed E-state index contributed by atoms with van der Waals surface area (Å²) in [7, 11) is -0.390. The number of rotatable bonds is 2. The van der Waals surface area contributed by atoms with E-state index < -0.39 is 9.76 Å². The minimum absolute atomic E-state index is 0.0521. The number of hydrogen-bond donors (Lipinski definition) is 0. The highest BCUT2D eigenvalue weighted by atomic mass is 28.2. The molecule has 1 aliphatic rings. The first-order chi connectivity index (χ1) is 5.08. The minimum Gasteiger partial charge on any atom is -0.418 e. The third kappa shape index (κ3) is 3.53. The van der Waals surface area contributed by atoms with Crippen LogP contribution in [0, 0.1) is 0 Å². The fourth-order valence-electron chi connectivity index (χ4n) is 0.935. The molecule has 0 saturated carbocycles. The summed E-state index contributed by atoms with van der Waals surface area (Å²) in [6, 6.07) is 0. The third-order valence-corrected chi connectivity index (χ3v) is 3.50. The molecule has 1 aliphatic carbocycles. The van der Waals surface area contributed by atoms with Gasteiger partial charge in [0.1, 0.15) is 0 Å². The molecule has 11 heavy (non-hydrogen) atoms. The van der Waals surface area contributed by atoms with Crippen molar-refractivity contribution < 1.29 is 4.43 Å². The molecule has 0 fully saturated rings. The summed E-state index contributed by atoms with van der Waals surface area (Å²) >= 11 is 0. The van der Waals surface area contributed by atoms with E-state index in [9.17, 15) is 0 Å². The molecule has 62 valence electrons. The molecule has 0 heterocycles. The van der Waals surface area contributed by atoms with Gasteiger partial charge in [-0.1, -0.05) is 24.3 Å². The van der Waals surface area contributed by atoms with Crippen molar-refractivity contribution in [2.24, 2.45) is 0 Å². The zero-order chi connectivity index (χ0) is 8.32. The van der Waals surface area contributed by atoms with Gasteiger partial charge in [-0.3, -0.25) is 0 Å². The van der Waals surface area contributed by atoms with E-state index in [1.807, 2.05) is 0 Å². The van der Waals surface area contributed by atoms with Gasteiger partial charge in [0.2, 0.25) is 0 Å². The van der Waals surface area contributed by atoms with Crippen LogP contribution in [0.5, 0.6) is 0 Å². The zero-order valence-corrected chi connectivity index (χ0v) is 8.92. The molecule has 0 bridgehead atoms. The summed E-state index contributed by atoms with van der Waals surface area (Å²) < 4.78 is 5.75. The van der Waals surface area contributed by atoms with Gasteiger partial charge in [0.25, 0.3) is 0 Å². The van der Waals surface area contributed by atoms with Crippen LogP contribution in [0.3, 0.4) is 0 Å². The summed E-state index contributed by atoms with van der Waals surface area (Å²) in [5, 5.41) is 0. The Morgan fingerprint density at radius 1 is 1.18 bits per heavy atom. The Labute approximate surface area is 71.1 Å².